The third-order valence-corrected chi connectivity index (χ3v) is 3.83. The average molecular weight is 318 g/mol. The van der Waals surface area contributed by atoms with Crippen LogP contribution in [0.15, 0.2) is 10.8 Å². The fourth-order valence-corrected chi connectivity index (χ4v) is 2.59. The monoisotopic (exact) mass is 318 g/mol. The van der Waals surface area contributed by atoms with Gasteiger partial charge < -0.3 is 24.8 Å². The number of hydrogen-bond acceptors (Lipinski definition) is 7. The molecule has 0 aromatic carbocycles. The Bertz CT molecular complexity index is 393. The van der Waals surface area contributed by atoms with Crippen molar-refractivity contribution in [1.29, 1.82) is 0 Å². The normalized spacial score (nSPS) is 17.1. The minimum atomic E-state index is -0.640. The standard InChI is InChI=1S/C14H26N2O4S/c1-6-19-13(18)11-12(16(5)9-21-11)20-8-10(17)7-15-14(2,3)4/h10,15,17H,6-9H2,1-5H3. The molecule has 0 aromatic heterocycles. The fourth-order valence-electron chi connectivity index (χ4n) is 1.63. The van der Waals surface area contributed by atoms with E-state index in [4.69, 9.17) is 9.47 Å². The van der Waals surface area contributed by atoms with Crippen molar-refractivity contribution in [3.8, 4) is 0 Å². The zero-order chi connectivity index (χ0) is 16.0. The lowest BCUT2D eigenvalue weighted by molar-refractivity contribution is -0.138. The molecule has 0 amide bonds. The SMILES string of the molecule is CCOC(=O)C1=C(OCC(O)CNC(C)(C)C)N(C)CS1. The summed E-state index contributed by atoms with van der Waals surface area (Å²) in [5.74, 6) is 0.747. The predicted molar refractivity (Wildman–Crippen MR) is 83.6 cm³/mol. The Morgan fingerprint density at radius 1 is 1.52 bits per heavy atom. The Hall–Kier alpha value is -0.920. The summed E-state index contributed by atoms with van der Waals surface area (Å²) in [6, 6.07) is 0. The Morgan fingerprint density at radius 2 is 2.19 bits per heavy atom. The van der Waals surface area contributed by atoms with E-state index in [9.17, 15) is 9.90 Å². The van der Waals surface area contributed by atoms with Crippen LogP contribution in [0.5, 0.6) is 0 Å². The summed E-state index contributed by atoms with van der Waals surface area (Å²) in [4.78, 5) is 14.1. The van der Waals surface area contributed by atoms with Crippen molar-refractivity contribution in [2.24, 2.45) is 0 Å². The van der Waals surface area contributed by atoms with Crippen LogP contribution in [0.4, 0.5) is 0 Å². The molecule has 1 heterocycles. The van der Waals surface area contributed by atoms with Crippen LogP contribution in [-0.4, -0.2) is 60.3 Å². The number of β-amino-alcohol motifs (C(OH)–C–C–N with tert-alkyl or cyclic N) is 1. The van der Waals surface area contributed by atoms with Gasteiger partial charge in [-0.25, -0.2) is 4.79 Å². The highest BCUT2D eigenvalue weighted by molar-refractivity contribution is 8.04. The molecular formula is C14H26N2O4S. The van der Waals surface area contributed by atoms with E-state index in [-0.39, 0.29) is 18.1 Å². The van der Waals surface area contributed by atoms with Gasteiger partial charge in [0, 0.05) is 19.1 Å². The number of aliphatic hydroxyl groups is 1. The molecule has 0 radical (unpaired) electrons. The second-order valence-corrected chi connectivity index (χ2v) is 6.88. The molecule has 0 saturated carbocycles. The minimum absolute atomic E-state index is 0.0592. The van der Waals surface area contributed by atoms with Gasteiger partial charge in [0.05, 0.1) is 12.5 Å². The largest absolute Gasteiger partial charge is 0.475 e. The van der Waals surface area contributed by atoms with Gasteiger partial charge in [-0.2, -0.15) is 0 Å². The van der Waals surface area contributed by atoms with E-state index >= 15 is 0 Å². The molecule has 0 fully saturated rings. The molecule has 7 heteroatoms. The Kier molecular flexibility index (Phi) is 6.83. The molecule has 0 aromatic rings. The van der Waals surface area contributed by atoms with Gasteiger partial charge in [0.25, 0.3) is 0 Å². The smallest absolute Gasteiger partial charge is 0.350 e. The van der Waals surface area contributed by atoms with Gasteiger partial charge >= 0.3 is 5.97 Å². The van der Waals surface area contributed by atoms with Crippen LogP contribution in [0.25, 0.3) is 0 Å². The summed E-state index contributed by atoms with van der Waals surface area (Å²) >= 11 is 1.38. The number of esters is 1. The van der Waals surface area contributed by atoms with Crippen LogP contribution in [0.2, 0.25) is 0 Å². The molecule has 1 unspecified atom stereocenters. The number of hydrogen-bond donors (Lipinski definition) is 2. The van der Waals surface area contributed by atoms with Gasteiger partial charge in [-0.05, 0) is 27.7 Å². The van der Waals surface area contributed by atoms with Crippen LogP contribution >= 0.6 is 11.8 Å². The maximum absolute atomic E-state index is 11.8. The summed E-state index contributed by atoms with van der Waals surface area (Å²) in [5, 5.41) is 13.1. The third kappa shape index (κ3) is 6.15. The summed E-state index contributed by atoms with van der Waals surface area (Å²) in [6.45, 7) is 8.76. The Balaban J connectivity index is 2.54. The van der Waals surface area contributed by atoms with Crippen LogP contribution < -0.4 is 5.32 Å². The van der Waals surface area contributed by atoms with E-state index in [1.807, 2.05) is 32.7 Å². The van der Waals surface area contributed by atoms with Gasteiger partial charge in [0.1, 0.15) is 12.7 Å². The molecule has 122 valence electrons. The number of thioether (sulfide) groups is 1. The summed E-state index contributed by atoms with van der Waals surface area (Å²) in [6.07, 6.45) is -0.640. The summed E-state index contributed by atoms with van der Waals surface area (Å²) in [7, 11) is 1.84. The number of ether oxygens (including phenoxy) is 2. The van der Waals surface area contributed by atoms with Gasteiger partial charge in [-0.15, -0.1) is 0 Å². The van der Waals surface area contributed by atoms with E-state index in [0.717, 1.165) is 0 Å². The molecule has 1 aliphatic rings. The van der Waals surface area contributed by atoms with Crippen LogP contribution in [0.1, 0.15) is 27.7 Å². The Labute approximate surface area is 130 Å². The molecule has 1 aliphatic heterocycles. The minimum Gasteiger partial charge on any atom is -0.475 e. The van der Waals surface area contributed by atoms with Crippen molar-refractivity contribution in [1.82, 2.24) is 10.2 Å². The highest BCUT2D eigenvalue weighted by atomic mass is 32.2. The molecule has 1 atom stereocenters. The number of nitrogens with one attached hydrogen (secondary N) is 1. The number of carbonyl (C=O) groups excluding carboxylic acids is 1. The van der Waals surface area contributed by atoms with Crippen molar-refractivity contribution in [2.75, 3.05) is 32.7 Å². The first-order chi connectivity index (χ1) is 9.74. The van der Waals surface area contributed by atoms with Gasteiger partial charge in [-0.1, -0.05) is 11.8 Å². The van der Waals surface area contributed by atoms with Crippen LogP contribution in [-0.2, 0) is 14.3 Å². The van der Waals surface area contributed by atoms with Crippen molar-refractivity contribution in [3.63, 3.8) is 0 Å². The molecule has 0 spiro atoms. The quantitative estimate of drug-likeness (QED) is 0.682. The van der Waals surface area contributed by atoms with Gasteiger partial charge in [0.2, 0.25) is 5.88 Å². The molecular weight excluding hydrogens is 292 g/mol. The Morgan fingerprint density at radius 3 is 2.76 bits per heavy atom. The summed E-state index contributed by atoms with van der Waals surface area (Å²) < 4.78 is 10.6. The van der Waals surface area contributed by atoms with E-state index in [1.54, 1.807) is 6.92 Å². The second-order valence-electron chi connectivity index (χ2n) is 5.92. The van der Waals surface area contributed by atoms with E-state index in [2.05, 4.69) is 5.32 Å². The average Bonchev–Trinajstić information content (AvgIpc) is 2.75. The van der Waals surface area contributed by atoms with Crippen LogP contribution in [0, 0.1) is 0 Å². The number of carbonyl (C=O) groups is 1. The molecule has 2 N–H and O–H groups in total. The maximum atomic E-state index is 11.8. The lowest BCUT2D eigenvalue weighted by Gasteiger charge is -2.24. The van der Waals surface area contributed by atoms with Crippen molar-refractivity contribution < 1.29 is 19.4 Å². The van der Waals surface area contributed by atoms with Crippen molar-refractivity contribution in [2.45, 2.75) is 39.3 Å². The third-order valence-electron chi connectivity index (χ3n) is 2.68. The number of rotatable bonds is 7. The highest BCUT2D eigenvalue weighted by Crippen LogP contribution is 2.32. The molecule has 0 saturated heterocycles. The van der Waals surface area contributed by atoms with E-state index < -0.39 is 6.10 Å². The maximum Gasteiger partial charge on any atom is 0.350 e. The topological polar surface area (TPSA) is 71.0 Å². The number of nitrogens with zero attached hydrogens (tertiary/aromatic N) is 1. The predicted octanol–water partition coefficient (Wildman–Crippen LogP) is 1.12. The van der Waals surface area contributed by atoms with Crippen molar-refractivity contribution in [3.05, 3.63) is 10.8 Å². The first-order valence-electron chi connectivity index (χ1n) is 7.05. The molecule has 0 aliphatic carbocycles. The lowest BCUT2D eigenvalue weighted by Crippen LogP contribution is -2.42. The first-order valence-corrected chi connectivity index (χ1v) is 8.04. The zero-order valence-electron chi connectivity index (χ0n) is 13.4. The molecule has 1 rings (SSSR count). The van der Waals surface area contributed by atoms with Gasteiger partial charge in [-0.3, -0.25) is 0 Å². The first kappa shape index (κ1) is 18.1. The van der Waals surface area contributed by atoms with Crippen LogP contribution in [0.3, 0.4) is 0 Å². The van der Waals surface area contributed by atoms with Crippen molar-refractivity contribution >= 4 is 17.7 Å². The lowest BCUT2D eigenvalue weighted by atomic mass is 10.1. The molecule has 6 nitrogen and oxygen atoms in total. The number of aliphatic hydroxyl groups excluding tert-OH is 1. The van der Waals surface area contributed by atoms with E-state index in [1.165, 1.54) is 11.8 Å². The van der Waals surface area contributed by atoms with Gasteiger partial charge in [0.15, 0.2) is 4.91 Å². The summed E-state index contributed by atoms with van der Waals surface area (Å²) in [5.41, 5.74) is -0.0592. The fraction of sp³-hybridized carbons (Fsp3) is 0.786. The molecule has 21 heavy (non-hydrogen) atoms. The second kappa shape index (κ2) is 7.91. The van der Waals surface area contributed by atoms with E-state index in [0.29, 0.717) is 29.8 Å². The highest BCUT2D eigenvalue weighted by Gasteiger charge is 2.29. The zero-order valence-corrected chi connectivity index (χ0v) is 14.2. The molecule has 0 bridgehead atoms.